The Labute approximate surface area is 163 Å². The molecule has 0 radical (unpaired) electrons. The number of fused-ring (bicyclic) bond motifs is 1. The van der Waals surface area contributed by atoms with E-state index in [4.69, 9.17) is 0 Å². The first-order valence-corrected chi connectivity index (χ1v) is 10.6. The fraction of sp³-hybridized carbons (Fsp3) is 0.550. The molecule has 0 bridgehead atoms. The zero-order valence-corrected chi connectivity index (χ0v) is 16.5. The molecule has 0 spiro atoms. The molecule has 0 aliphatic heterocycles. The summed E-state index contributed by atoms with van der Waals surface area (Å²) in [6, 6.07) is 0. The highest BCUT2D eigenvalue weighted by atomic mass is 32.1. The van der Waals surface area contributed by atoms with Crippen molar-refractivity contribution in [2.24, 2.45) is 13.0 Å². The van der Waals surface area contributed by atoms with Crippen molar-refractivity contribution in [1.29, 1.82) is 0 Å². The van der Waals surface area contributed by atoms with Gasteiger partial charge in [-0.05, 0) is 50.0 Å². The number of anilines is 1. The van der Waals surface area contributed by atoms with Crippen molar-refractivity contribution in [2.75, 3.05) is 5.32 Å². The third kappa shape index (κ3) is 4.08. The van der Waals surface area contributed by atoms with Gasteiger partial charge in [0.2, 0.25) is 5.91 Å². The maximum absolute atomic E-state index is 13.0. The van der Waals surface area contributed by atoms with Gasteiger partial charge in [0.15, 0.2) is 0 Å². The lowest BCUT2D eigenvalue weighted by Crippen LogP contribution is -2.26. The molecule has 1 fully saturated rings. The molecule has 2 aliphatic rings. The fourth-order valence-corrected chi connectivity index (χ4v) is 5.15. The minimum absolute atomic E-state index is 0.0390. The van der Waals surface area contributed by atoms with E-state index in [9.17, 15) is 9.59 Å². The number of rotatable bonds is 6. The minimum Gasteiger partial charge on any atom is -0.346 e. The zero-order chi connectivity index (χ0) is 18.8. The average molecular weight is 387 g/mol. The van der Waals surface area contributed by atoms with Gasteiger partial charge in [0, 0.05) is 24.5 Å². The molecule has 6 nitrogen and oxygen atoms in total. The fourth-order valence-electron chi connectivity index (χ4n) is 3.85. The summed E-state index contributed by atoms with van der Waals surface area (Å²) in [7, 11) is 1.91. The van der Waals surface area contributed by atoms with Crippen LogP contribution in [0.5, 0.6) is 0 Å². The van der Waals surface area contributed by atoms with E-state index in [1.54, 1.807) is 17.7 Å². The summed E-state index contributed by atoms with van der Waals surface area (Å²) in [6.07, 6.45) is 11.9. The van der Waals surface area contributed by atoms with Crippen LogP contribution in [-0.2, 0) is 31.2 Å². The highest BCUT2D eigenvalue weighted by molar-refractivity contribution is 7.17. The van der Waals surface area contributed by atoms with Crippen molar-refractivity contribution >= 4 is 28.2 Å². The van der Waals surface area contributed by atoms with Gasteiger partial charge in [0.05, 0.1) is 24.1 Å². The van der Waals surface area contributed by atoms with Gasteiger partial charge >= 0.3 is 0 Å². The van der Waals surface area contributed by atoms with E-state index in [-0.39, 0.29) is 11.8 Å². The highest BCUT2D eigenvalue weighted by Crippen LogP contribution is 2.38. The van der Waals surface area contributed by atoms with Crippen LogP contribution in [0.1, 0.15) is 65.0 Å². The smallest absolute Gasteiger partial charge is 0.254 e. The molecule has 27 heavy (non-hydrogen) atoms. The van der Waals surface area contributed by atoms with E-state index in [2.05, 4.69) is 15.6 Å². The van der Waals surface area contributed by atoms with E-state index in [1.165, 1.54) is 11.3 Å². The van der Waals surface area contributed by atoms with Gasteiger partial charge in [-0.3, -0.25) is 9.59 Å². The van der Waals surface area contributed by atoms with Crippen LogP contribution in [0.3, 0.4) is 0 Å². The maximum atomic E-state index is 13.0. The topological polar surface area (TPSA) is 76.0 Å². The molecule has 0 atom stereocenters. The number of aromatic nitrogens is 2. The Hall–Kier alpha value is -2.15. The van der Waals surface area contributed by atoms with Crippen molar-refractivity contribution in [3.63, 3.8) is 0 Å². The molecule has 2 aromatic heterocycles. The van der Waals surface area contributed by atoms with Crippen LogP contribution < -0.4 is 10.6 Å². The molecule has 2 aliphatic carbocycles. The first-order valence-electron chi connectivity index (χ1n) is 9.79. The Kier molecular flexibility index (Phi) is 5.29. The minimum atomic E-state index is -0.112. The largest absolute Gasteiger partial charge is 0.346 e. The molecule has 2 amide bonds. The molecular weight excluding hydrogens is 360 g/mol. The molecule has 4 rings (SSSR count). The molecule has 7 heteroatoms. The van der Waals surface area contributed by atoms with Gasteiger partial charge < -0.3 is 15.2 Å². The summed E-state index contributed by atoms with van der Waals surface area (Å²) in [4.78, 5) is 30.9. The second-order valence-electron chi connectivity index (χ2n) is 7.68. The molecule has 144 valence electrons. The highest BCUT2D eigenvalue weighted by Gasteiger charge is 2.27. The van der Waals surface area contributed by atoms with Crippen LogP contribution in [0, 0.1) is 5.92 Å². The van der Waals surface area contributed by atoms with E-state index >= 15 is 0 Å². The summed E-state index contributed by atoms with van der Waals surface area (Å²) in [5.74, 6) is 0.442. The average Bonchev–Trinajstić information content (AvgIpc) is 3.19. The SMILES string of the molecule is Cn1cnc(CNC(=O)c2c(NC(=O)CC3CCC3)sc3c2CCCC3)c1. The second kappa shape index (κ2) is 7.84. The maximum Gasteiger partial charge on any atom is 0.254 e. The van der Waals surface area contributed by atoms with E-state index in [0.717, 1.165) is 54.8 Å². The Bertz CT molecular complexity index is 850. The summed E-state index contributed by atoms with van der Waals surface area (Å²) in [5, 5.41) is 6.76. The van der Waals surface area contributed by atoms with Crippen molar-refractivity contribution in [3.8, 4) is 0 Å². The molecular formula is C20H26N4O2S. The monoisotopic (exact) mass is 386 g/mol. The Balaban J connectivity index is 1.50. The summed E-state index contributed by atoms with van der Waals surface area (Å²) in [6.45, 7) is 0.389. The van der Waals surface area contributed by atoms with E-state index < -0.39 is 0 Å². The standard InChI is InChI=1S/C20H26N4O2S/c1-24-11-14(22-12-24)10-21-19(26)18-15-7-2-3-8-16(15)27-20(18)23-17(25)9-13-5-4-6-13/h11-13H,2-10H2,1H3,(H,21,26)(H,23,25). The number of amides is 2. The Morgan fingerprint density at radius 3 is 2.78 bits per heavy atom. The molecule has 0 saturated heterocycles. The van der Waals surface area contributed by atoms with Crippen LogP contribution in [-0.4, -0.2) is 21.4 Å². The number of nitrogens with one attached hydrogen (secondary N) is 2. The van der Waals surface area contributed by atoms with E-state index in [0.29, 0.717) is 24.4 Å². The van der Waals surface area contributed by atoms with Gasteiger partial charge in [0.1, 0.15) is 5.00 Å². The third-order valence-corrected chi connectivity index (χ3v) is 6.75. The zero-order valence-electron chi connectivity index (χ0n) is 15.7. The van der Waals surface area contributed by atoms with Gasteiger partial charge in [-0.2, -0.15) is 0 Å². The van der Waals surface area contributed by atoms with Gasteiger partial charge in [-0.15, -0.1) is 11.3 Å². The van der Waals surface area contributed by atoms with Crippen molar-refractivity contribution in [2.45, 2.75) is 57.9 Å². The third-order valence-electron chi connectivity index (χ3n) is 5.54. The van der Waals surface area contributed by atoms with Crippen LogP contribution in [0.15, 0.2) is 12.5 Å². The molecule has 1 saturated carbocycles. The second-order valence-corrected chi connectivity index (χ2v) is 8.78. The molecule has 2 aromatic rings. The summed E-state index contributed by atoms with van der Waals surface area (Å²) < 4.78 is 1.86. The van der Waals surface area contributed by atoms with E-state index in [1.807, 2.05) is 17.8 Å². The lowest BCUT2D eigenvalue weighted by atomic mass is 9.83. The summed E-state index contributed by atoms with van der Waals surface area (Å²) >= 11 is 1.58. The lowest BCUT2D eigenvalue weighted by Gasteiger charge is -2.24. The quantitative estimate of drug-likeness (QED) is 0.799. The Morgan fingerprint density at radius 1 is 1.26 bits per heavy atom. The molecule has 2 heterocycles. The number of thiophene rings is 1. The first-order chi connectivity index (χ1) is 13.1. The number of hydrogen-bond donors (Lipinski definition) is 2. The molecule has 0 unspecified atom stereocenters. The van der Waals surface area contributed by atoms with Crippen LogP contribution in [0.25, 0.3) is 0 Å². The number of hydrogen-bond acceptors (Lipinski definition) is 4. The van der Waals surface area contributed by atoms with Crippen LogP contribution in [0.2, 0.25) is 0 Å². The van der Waals surface area contributed by atoms with Crippen molar-refractivity contribution in [3.05, 3.63) is 34.2 Å². The van der Waals surface area contributed by atoms with Crippen molar-refractivity contribution in [1.82, 2.24) is 14.9 Å². The summed E-state index contributed by atoms with van der Waals surface area (Å²) in [5.41, 5.74) is 2.63. The van der Waals surface area contributed by atoms with Crippen molar-refractivity contribution < 1.29 is 9.59 Å². The van der Waals surface area contributed by atoms with Gasteiger partial charge in [0.25, 0.3) is 5.91 Å². The number of imidazole rings is 1. The predicted octanol–water partition coefficient (Wildman–Crippen LogP) is 3.42. The molecule has 0 aromatic carbocycles. The van der Waals surface area contributed by atoms with Crippen LogP contribution >= 0.6 is 11.3 Å². The predicted molar refractivity (Wildman–Crippen MR) is 106 cm³/mol. The lowest BCUT2D eigenvalue weighted by molar-refractivity contribution is -0.117. The van der Waals surface area contributed by atoms with Gasteiger partial charge in [-0.25, -0.2) is 4.98 Å². The normalized spacial score (nSPS) is 16.5. The van der Waals surface area contributed by atoms with Gasteiger partial charge in [-0.1, -0.05) is 6.42 Å². The number of carbonyl (C=O) groups is 2. The van der Waals surface area contributed by atoms with Crippen LogP contribution in [0.4, 0.5) is 5.00 Å². The number of aryl methyl sites for hydroxylation is 2. The Morgan fingerprint density at radius 2 is 2.07 bits per heavy atom. The first kappa shape index (κ1) is 18.2. The number of carbonyl (C=O) groups excluding carboxylic acids is 2. The number of nitrogens with zero attached hydrogens (tertiary/aromatic N) is 2. The molecule has 2 N–H and O–H groups in total.